The summed E-state index contributed by atoms with van der Waals surface area (Å²) < 4.78 is 0. The molecular formula is C12H11N5O2. The lowest BCUT2D eigenvalue weighted by Gasteiger charge is -2.26. The Hall–Kier alpha value is -2.70. The highest BCUT2D eigenvalue weighted by molar-refractivity contribution is 6.30. The Kier molecular flexibility index (Phi) is 2.52. The largest absolute Gasteiger partial charge is 0.305 e. The molecule has 7 nitrogen and oxygen atoms in total. The van der Waals surface area contributed by atoms with E-state index >= 15 is 0 Å². The summed E-state index contributed by atoms with van der Waals surface area (Å²) in [5.74, 6) is 0.114. The number of nitrogens with one attached hydrogen (secondary N) is 2. The average molecular weight is 257 g/mol. The fourth-order valence-corrected chi connectivity index (χ4v) is 2.24. The molecule has 0 unspecified atom stereocenters. The molecule has 0 radical (unpaired) electrons. The number of amides is 1. The highest BCUT2D eigenvalue weighted by atomic mass is 16.3. The van der Waals surface area contributed by atoms with Gasteiger partial charge in [0, 0.05) is 5.56 Å². The third-order valence-corrected chi connectivity index (χ3v) is 3.10. The standard InChI is InChI=1S/C12H11N5O2/c1-7-2-3-10-8(4-7)9(12(18)15-16-19)5-11-14-13-6-17(10)11/h2-5,13H,6H2,1H3,(H,15,18,19). The van der Waals surface area contributed by atoms with E-state index in [-0.39, 0.29) is 0 Å². The molecule has 0 atom stereocenters. The Morgan fingerprint density at radius 2 is 2.37 bits per heavy atom. The van der Waals surface area contributed by atoms with Crippen LogP contribution in [0.2, 0.25) is 0 Å². The summed E-state index contributed by atoms with van der Waals surface area (Å²) in [6, 6.07) is 5.80. The maximum Gasteiger partial charge on any atom is 0.274 e. The molecule has 0 aliphatic carbocycles. The maximum absolute atomic E-state index is 11.9. The minimum absolute atomic E-state index is 0.386. The van der Waals surface area contributed by atoms with Gasteiger partial charge in [0.1, 0.15) is 6.67 Å². The van der Waals surface area contributed by atoms with Gasteiger partial charge in [0.15, 0.2) is 5.84 Å². The second-order valence-electron chi connectivity index (χ2n) is 4.33. The van der Waals surface area contributed by atoms with Gasteiger partial charge >= 0.3 is 0 Å². The summed E-state index contributed by atoms with van der Waals surface area (Å²) in [5, 5.41) is 6.53. The van der Waals surface area contributed by atoms with Gasteiger partial charge < -0.3 is 4.90 Å². The van der Waals surface area contributed by atoms with Crippen LogP contribution < -0.4 is 15.8 Å². The zero-order valence-electron chi connectivity index (χ0n) is 10.2. The van der Waals surface area contributed by atoms with E-state index < -0.39 is 5.91 Å². The highest BCUT2D eigenvalue weighted by Crippen LogP contribution is 2.34. The van der Waals surface area contributed by atoms with E-state index in [4.69, 9.17) is 0 Å². The Balaban J connectivity index is 2.15. The molecule has 0 fully saturated rings. The molecule has 2 N–H and O–H groups in total. The van der Waals surface area contributed by atoms with Crippen molar-refractivity contribution in [2.45, 2.75) is 6.92 Å². The Labute approximate surface area is 108 Å². The number of hydrogen-bond acceptors (Lipinski definition) is 6. The van der Waals surface area contributed by atoms with E-state index in [1.54, 1.807) is 6.08 Å². The van der Waals surface area contributed by atoms with Gasteiger partial charge in [-0.25, -0.2) is 5.43 Å². The van der Waals surface area contributed by atoms with E-state index in [0.29, 0.717) is 18.1 Å². The van der Waals surface area contributed by atoms with Gasteiger partial charge in [-0.05, 0) is 25.1 Å². The lowest BCUT2D eigenvalue weighted by atomic mass is 9.96. The molecule has 0 spiro atoms. The van der Waals surface area contributed by atoms with Gasteiger partial charge in [-0.1, -0.05) is 11.6 Å². The number of carbonyl (C=O) groups is 1. The van der Waals surface area contributed by atoms with Gasteiger partial charge in [0.25, 0.3) is 5.91 Å². The first-order valence-corrected chi connectivity index (χ1v) is 5.74. The monoisotopic (exact) mass is 257 g/mol. The van der Waals surface area contributed by atoms with Crippen molar-refractivity contribution in [3.8, 4) is 0 Å². The van der Waals surface area contributed by atoms with E-state index in [1.165, 1.54) is 0 Å². The summed E-state index contributed by atoms with van der Waals surface area (Å²) in [5.41, 5.74) is 7.85. The average Bonchev–Trinajstić information content (AvgIpc) is 2.86. The zero-order chi connectivity index (χ0) is 13.4. The van der Waals surface area contributed by atoms with Crippen LogP contribution in [-0.4, -0.2) is 18.4 Å². The summed E-state index contributed by atoms with van der Waals surface area (Å²) in [4.78, 5) is 24.1. The van der Waals surface area contributed by atoms with Crippen LogP contribution in [0.5, 0.6) is 0 Å². The number of benzene rings is 1. The molecule has 1 aromatic carbocycles. The molecular weight excluding hydrogens is 246 g/mol. The lowest BCUT2D eigenvalue weighted by molar-refractivity contribution is -0.115. The van der Waals surface area contributed by atoms with Crippen LogP contribution in [0.25, 0.3) is 5.57 Å². The van der Waals surface area contributed by atoms with Gasteiger partial charge in [-0.2, -0.15) is 5.10 Å². The number of amidine groups is 1. The summed E-state index contributed by atoms with van der Waals surface area (Å²) >= 11 is 0. The van der Waals surface area contributed by atoms with Gasteiger partial charge in [-0.3, -0.25) is 10.2 Å². The Bertz CT molecular complexity index is 635. The quantitative estimate of drug-likeness (QED) is 0.608. The zero-order valence-corrected chi connectivity index (χ0v) is 10.2. The number of hydrogen-bond donors (Lipinski definition) is 2. The smallest absolute Gasteiger partial charge is 0.274 e. The molecule has 2 aliphatic heterocycles. The van der Waals surface area contributed by atoms with Crippen LogP contribution in [0, 0.1) is 11.8 Å². The van der Waals surface area contributed by atoms with E-state index in [1.807, 2.05) is 35.4 Å². The third-order valence-electron chi connectivity index (χ3n) is 3.10. The second kappa shape index (κ2) is 4.20. The van der Waals surface area contributed by atoms with Gasteiger partial charge in [0.05, 0.1) is 16.5 Å². The normalized spacial score (nSPS) is 15.7. The van der Waals surface area contributed by atoms with E-state index in [9.17, 15) is 9.70 Å². The number of fused-ring (bicyclic) bond motifs is 3. The summed E-state index contributed by atoms with van der Waals surface area (Å²) in [7, 11) is 0. The second-order valence-corrected chi connectivity index (χ2v) is 4.33. The summed E-state index contributed by atoms with van der Waals surface area (Å²) in [6.07, 6.45) is 1.64. The first-order valence-electron chi connectivity index (χ1n) is 5.74. The fraction of sp³-hybridized carbons (Fsp3) is 0.167. The molecule has 0 saturated heterocycles. The number of rotatable bonds is 2. The molecule has 0 bridgehead atoms. The van der Waals surface area contributed by atoms with Crippen LogP contribution in [0.1, 0.15) is 11.1 Å². The maximum atomic E-state index is 11.9. The molecule has 7 heteroatoms. The molecule has 1 aromatic rings. The van der Waals surface area contributed by atoms with Crippen LogP contribution in [0.3, 0.4) is 0 Å². The number of carbonyl (C=O) groups excluding carboxylic acids is 1. The Morgan fingerprint density at radius 1 is 1.53 bits per heavy atom. The Morgan fingerprint density at radius 3 is 3.16 bits per heavy atom. The predicted molar refractivity (Wildman–Crippen MR) is 71.0 cm³/mol. The number of aryl methyl sites for hydroxylation is 1. The molecule has 0 aromatic heterocycles. The molecule has 3 rings (SSSR count). The minimum Gasteiger partial charge on any atom is -0.305 e. The number of anilines is 1. The fourth-order valence-electron chi connectivity index (χ4n) is 2.24. The first-order chi connectivity index (χ1) is 9.20. The van der Waals surface area contributed by atoms with E-state index in [0.717, 1.165) is 16.8 Å². The summed E-state index contributed by atoms with van der Waals surface area (Å²) in [6.45, 7) is 2.50. The number of nitroso groups, excluding NO2 is 1. The van der Waals surface area contributed by atoms with Crippen LogP contribution >= 0.6 is 0 Å². The van der Waals surface area contributed by atoms with Crippen molar-refractivity contribution in [2.75, 3.05) is 11.6 Å². The van der Waals surface area contributed by atoms with E-state index in [2.05, 4.69) is 15.8 Å². The van der Waals surface area contributed by atoms with Crippen LogP contribution in [-0.2, 0) is 4.79 Å². The molecule has 19 heavy (non-hydrogen) atoms. The van der Waals surface area contributed by atoms with Crippen LogP contribution in [0.15, 0.2) is 34.7 Å². The number of nitrogens with zero attached hydrogens (tertiary/aromatic N) is 3. The first kappa shape index (κ1) is 11.4. The predicted octanol–water partition coefficient (Wildman–Crippen LogP) is 0.870. The highest BCUT2D eigenvalue weighted by Gasteiger charge is 2.29. The van der Waals surface area contributed by atoms with Crippen LogP contribution in [0.4, 0.5) is 5.69 Å². The van der Waals surface area contributed by atoms with Crippen molar-refractivity contribution in [1.29, 1.82) is 0 Å². The third kappa shape index (κ3) is 1.75. The molecule has 2 heterocycles. The molecule has 1 amide bonds. The number of hydrazone groups is 1. The van der Waals surface area contributed by atoms with Gasteiger partial charge in [0.2, 0.25) is 0 Å². The van der Waals surface area contributed by atoms with Crippen molar-refractivity contribution in [2.24, 2.45) is 10.4 Å². The topological polar surface area (TPSA) is 86.2 Å². The SMILES string of the molecule is Cc1ccc2c(c1)C(C(=O)NN=O)=CC1=NNCN12. The van der Waals surface area contributed by atoms with Gasteiger partial charge in [-0.15, -0.1) is 4.91 Å². The molecule has 96 valence electrons. The van der Waals surface area contributed by atoms with Crippen molar-refractivity contribution in [1.82, 2.24) is 10.9 Å². The van der Waals surface area contributed by atoms with Crippen molar-refractivity contribution < 1.29 is 4.79 Å². The minimum atomic E-state index is -0.531. The van der Waals surface area contributed by atoms with Crippen molar-refractivity contribution in [3.05, 3.63) is 40.3 Å². The molecule has 2 aliphatic rings. The molecule has 0 saturated carbocycles. The van der Waals surface area contributed by atoms with Crippen molar-refractivity contribution >= 4 is 23.0 Å². The lowest BCUT2D eigenvalue weighted by Crippen LogP contribution is -2.33. The van der Waals surface area contributed by atoms with Crippen molar-refractivity contribution in [3.63, 3.8) is 0 Å².